The van der Waals surface area contributed by atoms with E-state index in [0.717, 1.165) is 30.7 Å². The summed E-state index contributed by atoms with van der Waals surface area (Å²) in [6.07, 6.45) is 3.78. The molecule has 0 saturated heterocycles. The van der Waals surface area contributed by atoms with Crippen LogP contribution in [0.15, 0.2) is 30.3 Å². The number of carbonyl (C=O) groups excluding carboxylic acids is 2. The fourth-order valence-electron chi connectivity index (χ4n) is 2.88. The van der Waals surface area contributed by atoms with E-state index in [2.05, 4.69) is 40.2 Å². The molecule has 2 aromatic rings. The second-order valence-electron chi connectivity index (χ2n) is 6.94. The summed E-state index contributed by atoms with van der Waals surface area (Å²) in [5, 5.41) is 6.02. The number of aromatic amines is 1. The second kappa shape index (κ2) is 12.5. The van der Waals surface area contributed by atoms with Crippen LogP contribution in [0.25, 0.3) is 0 Å². The van der Waals surface area contributed by atoms with E-state index < -0.39 is 0 Å². The Morgan fingerprint density at radius 2 is 2.00 bits per heavy atom. The third-order valence-electron chi connectivity index (χ3n) is 4.57. The Morgan fingerprint density at radius 1 is 1.24 bits per heavy atom. The zero-order valence-corrected chi connectivity index (χ0v) is 18.4. The molecule has 2 amide bonds. The molecule has 0 fully saturated rings. The number of nitrogens with zero attached hydrogens (tertiary/aromatic N) is 1. The first-order valence-corrected chi connectivity index (χ1v) is 11.0. The van der Waals surface area contributed by atoms with Crippen LogP contribution >= 0.6 is 24.2 Å². The van der Waals surface area contributed by atoms with Crippen molar-refractivity contribution < 1.29 is 9.59 Å². The van der Waals surface area contributed by atoms with Gasteiger partial charge in [0.15, 0.2) is 5.15 Å². The summed E-state index contributed by atoms with van der Waals surface area (Å²) in [6.45, 7) is 2.69. The van der Waals surface area contributed by atoms with E-state index in [0.29, 0.717) is 23.0 Å². The number of thiol groups is 1. The normalized spacial score (nSPS) is 11.8. The maximum absolute atomic E-state index is 12.4. The molecule has 8 heteroatoms. The molecule has 1 atom stereocenters. The summed E-state index contributed by atoms with van der Waals surface area (Å²) in [6, 6.07) is 9.83. The fourth-order valence-corrected chi connectivity index (χ4v) is 3.39. The molecule has 3 N–H and O–H groups in total. The van der Waals surface area contributed by atoms with Crippen molar-refractivity contribution in [3.8, 4) is 0 Å². The smallest absolute Gasteiger partial charge is 0.224 e. The predicted molar refractivity (Wildman–Crippen MR) is 119 cm³/mol. The predicted octanol–water partition coefficient (Wildman–Crippen LogP) is 3.32. The Labute approximate surface area is 182 Å². The summed E-state index contributed by atoms with van der Waals surface area (Å²) in [5.74, 6) is 0.815. The molecule has 158 valence electrons. The van der Waals surface area contributed by atoms with Gasteiger partial charge in [0, 0.05) is 25.1 Å². The standard InChI is InChI=1S/C21H29ClN4O2S/c1-2-3-9-18-25-17(20(22)26-18)13-24-19(27)10-11-23-21(28)16(14-29)12-15-7-5-4-6-8-15/h4-8,16,29H,2-3,9-14H2,1H3,(H,23,28)(H,24,27)(H,25,26). The van der Waals surface area contributed by atoms with Gasteiger partial charge in [-0.25, -0.2) is 4.98 Å². The van der Waals surface area contributed by atoms with Crippen LogP contribution in [-0.2, 0) is 29.0 Å². The van der Waals surface area contributed by atoms with Gasteiger partial charge in [-0.2, -0.15) is 12.6 Å². The molecule has 0 saturated carbocycles. The number of benzene rings is 1. The van der Waals surface area contributed by atoms with E-state index in [1.54, 1.807) is 0 Å². The molecule has 0 aliphatic heterocycles. The summed E-state index contributed by atoms with van der Waals surface area (Å²) in [4.78, 5) is 31.8. The van der Waals surface area contributed by atoms with Gasteiger partial charge in [0.2, 0.25) is 11.8 Å². The third-order valence-corrected chi connectivity index (χ3v) is 5.33. The van der Waals surface area contributed by atoms with Crippen molar-refractivity contribution >= 4 is 36.0 Å². The summed E-state index contributed by atoms with van der Waals surface area (Å²) < 4.78 is 0. The maximum Gasteiger partial charge on any atom is 0.224 e. The summed E-state index contributed by atoms with van der Waals surface area (Å²) in [5.41, 5.74) is 1.79. The average Bonchev–Trinajstić information content (AvgIpc) is 3.09. The molecule has 0 bridgehead atoms. The first kappa shape index (κ1) is 23.3. The summed E-state index contributed by atoms with van der Waals surface area (Å²) >= 11 is 10.4. The molecular weight excluding hydrogens is 408 g/mol. The molecule has 29 heavy (non-hydrogen) atoms. The lowest BCUT2D eigenvalue weighted by molar-refractivity contribution is -0.124. The largest absolute Gasteiger partial charge is 0.355 e. The fraction of sp³-hybridized carbons (Fsp3) is 0.476. The molecule has 0 aliphatic rings. The number of unbranched alkanes of at least 4 members (excludes halogenated alkanes) is 1. The zero-order valence-electron chi connectivity index (χ0n) is 16.7. The van der Waals surface area contributed by atoms with Crippen LogP contribution in [0.2, 0.25) is 5.15 Å². The van der Waals surface area contributed by atoms with Crippen LogP contribution in [0.3, 0.4) is 0 Å². The minimum Gasteiger partial charge on any atom is -0.355 e. The highest BCUT2D eigenvalue weighted by atomic mass is 35.5. The van der Waals surface area contributed by atoms with Gasteiger partial charge >= 0.3 is 0 Å². The zero-order chi connectivity index (χ0) is 21.1. The van der Waals surface area contributed by atoms with Crippen molar-refractivity contribution in [1.29, 1.82) is 0 Å². The Morgan fingerprint density at radius 3 is 2.69 bits per heavy atom. The molecule has 0 aliphatic carbocycles. The molecule has 1 heterocycles. The highest BCUT2D eigenvalue weighted by Crippen LogP contribution is 2.14. The van der Waals surface area contributed by atoms with Crippen LogP contribution in [0.4, 0.5) is 0 Å². The molecule has 1 unspecified atom stereocenters. The van der Waals surface area contributed by atoms with Crippen LogP contribution in [-0.4, -0.2) is 34.1 Å². The van der Waals surface area contributed by atoms with E-state index in [4.69, 9.17) is 11.6 Å². The topological polar surface area (TPSA) is 86.9 Å². The molecule has 1 aromatic heterocycles. The third kappa shape index (κ3) is 8.11. The second-order valence-corrected chi connectivity index (χ2v) is 7.67. The number of imidazole rings is 1. The molecule has 6 nitrogen and oxygen atoms in total. The minimum absolute atomic E-state index is 0.0890. The number of rotatable bonds is 12. The number of hydrogen-bond acceptors (Lipinski definition) is 4. The maximum atomic E-state index is 12.4. The van der Waals surface area contributed by atoms with Crippen LogP contribution in [0.5, 0.6) is 0 Å². The van der Waals surface area contributed by atoms with Crippen molar-refractivity contribution in [3.63, 3.8) is 0 Å². The lowest BCUT2D eigenvalue weighted by Crippen LogP contribution is -2.36. The Hall–Kier alpha value is -1.99. The summed E-state index contributed by atoms with van der Waals surface area (Å²) in [7, 11) is 0. The average molecular weight is 437 g/mol. The number of nitrogens with one attached hydrogen (secondary N) is 3. The monoisotopic (exact) mass is 436 g/mol. The first-order valence-electron chi connectivity index (χ1n) is 9.95. The van der Waals surface area contributed by atoms with Gasteiger partial charge in [0.25, 0.3) is 0 Å². The Balaban J connectivity index is 1.70. The van der Waals surface area contributed by atoms with E-state index in [1.165, 1.54) is 0 Å². The highest BCUT2D eigenvalue weighted by molar-refractivity contribution is 7.80. The van der Waals surface area contributed by atoms with Crippen molar-refractivity contribution in [2.75, 3.05) is 12.3 Å². The first-order chi connectivity index (χ1) is 14.0. The number of aryl methyl sites for hydroxylation is 1. The Bertz CT molecular complexity index is 782. The van der Waals surface area contributed by atoms with E-state index >= 15 is 0 Å². The van der Waals surface area contributed by atoms with Gasteiger partial charge in [-0.15, -0.1) is 0 Å². The SMILES string of the molecule is CCCCc1nc(Cl)c(CNC(=O)CCNC(=O)C(CS)Cc2ccccc2)[nH]1. The number of halogens is 1. The Kier molecular flexibility index (Phi) is 10.1. The number of hydrogen-bond donors (Lipinski definition) is 4. The molecule has 0 spiro atoms. The van der Waals surface area contributed by atoms with E-state index in [1.807, 2.05) is 30.3 Å². The van der Waals surface area contributed by atoms with Crippen LogP contribution < -0.4 is 10.6 Å². The van der Waals surface area contributed by atoms with E-state index in [9.17, 15) is 9.59 Å². The van der Waals surface area contributed by atoms with Gasteiger partial charge in [-0.05, 0) is 18.4 Å². The quantitative estimate of drug-likeness (QED) is 0.385. The van der Waals surface area contributed by atoms with Crippen molar-refractivity contribution in [2.45, 2.75) is 45.6 Å². The van der Waals surface area contributed by atoms with Gasteiger partial charge < -0.3 is 15.6 Å². The van der Waals surface area contributed by atoms with Crippen molar-refractivity contribution in [3.05, 3.63) is 52.6 Å². The number of aromatic nitrogens is 2. The van der Waals surface area contributed by atoms with E-state index in [-0.39, 0.29) is 37.2 Å². The minimum atomic E-state index is -0.228. The van der Waals surface area contributed by atoms with Gasteiger partial charge in [-0.1, -0.05) is 55.3 Å². The number of H-pyrrole nitrogens is 1. The molecular formula is C21H29ClN4O2S. The van der Waals surface area contributed by atoms with Gasteiger partial charge in [0.1, 0.15) is 5.82 Å². The van der Waals surface area contributed by atoms with Crippen molar-refractivity contribution in [2.24, 2.45) is 5.92 Å². The number of carbonyl (C=O) groups is 2. The lowest BCUT2D eigenvalue weighted by atomic mass is 10.0. The highest BCUT2D eigenvalue weighted by Gasteiger charge is 2.17. The molecule has 1 aromatic carbocycles. The molecule has 0 radical (unpaired) electrons. The van der Waals surface area contributed by atoms with Crippen LogP contribution in [0.1, 0.15) is 43.3 Å². The van der Waals surface area contributed by atoms with Crippen molar-refractivity contribution in [1.82, 2.24) is 20.6 Å². The van der Waals surface area contributed by atoms with Gasteiger partial charge in [0.05, 0.1) is 18.2 Å². The van der Waals surface area contributed by atoms with Crippen LogP contribution in [0, 0.1) is 5.92 Å². The van der Waals surface area contributed by atoms with Gasteiger partial charge in [-0.3, -0.25) is 9.59 Å². The number of amides is 2. The lowest BCUT2D eigenvalue weighted by Gasteiger charge is -2.14. The molecule has 2 rings (SSSR count).